The Hall–Kier alpha value is -2.35. The van der Waals surface area contributed by atoms with Gasteiger partial charge >= 0.3 is 11.7 Å². The zero-order chi connectivity index (χ0) is 25.9. The Morgan fingerprint density at radius 3 is 2.51 bits per heavy atom. The minimum atomic E-state index is -0.426. The first-order valence-electron chi connectivity index (χ1n) is 12.0. The van der Waals surface area contributed by atoms with E-state index in [1.165, 1.54) is 6.07 Å². The van der Waals surface area contributed by atoms with Gasteiger partial charge in [0.2, 0.25) is 17.1 Å². The maximum atomic E-state index is 11.9. The van der Waals surface area contributed by atoms with Crippen LogP contribution in [0.3, 0.4) is 0 Å². The summed E-state index contributed by atoms with van der Waals surface area (Å²) in [6, 6.07) is 0.964. The first-order chi connectivity index (χ1) is 16.9. The Bertz CT molecular complexity index is 809. The van der Waals surface area contributed by atoms with Crippen LogP contribution in [0.5, 0.6) is 0 Å². The molecule has 1 heterocycles. The van der Waals surface area contributed by atoms with E-state index in [1.807, 2.05) is 13.8 Å². The second-order valence-electron chi connectivity index (χ2n) is 7.55. The van der Waals surface area contributed by atoms with Gasteiger partial charge in [-0.2, -0.15) is 4.18 Å². The number of H-pyrrole nitrogens is 1. The predicted octanol–water partition coefficient (Wildman–Crippen LogP) is 1.59. The molecule has 1 aromatic rings. The van der Waals surface area contributed by atoms with E-state index in [9.17, 15) is 9.59 Å². The van der Waals surface area contributed by atoms with Crippen molar-refractivity contribution in [2.75, 3.05) is 51.0 Å². The van der Waals surface area contributed by atoms with Crippen molar-refractivity contribution < 1.29 is 18.5 Å². The molecule has 0 spiro atoms. The van der Waals surface area contributed by atoms with Gasteiger partial charge in [-0.25, -0.2) is 9.78 Å². The topological polar surface area (TPSA) is 165 Å². The number of carbonyl (C=O) groups is 1. The SMILES string of the molecule is CCO[C@H](OC)[S+](CCCN=C(N)NCCCCCCNC(=O)Nc1nc(C)cc(=O)[nH]1)OCC. The number of anilines is 1. The molecule has 0 saturated heterocycles. The summed E-state index contributed by atoms with van der Waals surface area (Å²) in [4.78, 5) is 34.1. The number of nitrogens with zero attached hydrogens (tertiary/aromatic N) is 2. The number of ether oxygens (including phenoxy) is 2. The number of amides is 2. The molecule has 1 rings (SSSR count). The van der Waals surface area contributed by atoms with E-state index < -0.39 is 17.2 Å². The summed E-state index contributed by atoms with van der Waals surface area (Å²) < 4.78 is 16.7. The van der Waals surface area contributed by atoms with Crippen molar-refractivity contribution in [2.24, 2.45) is 10.7 Å². The number of nitrogens with two attached hydrogens (primary N) is 1. The molecule has 13 heteroatoms. The fraction of sp³-hybridized carbons (Fsp3) is 0.727. The summed E-state index contributed by atoms with van der Waals surface area (Å²) in [6.45, 7) is 8.66. The molecule has 6 N–H and O–H groups in total. The molecule has 0 fully saturated rings. The van der Waals surface area contributed by atoms with Crippen LogP contribution in [-0.4, -0.2) is 73.3 Å². The number of unbranched alkanes of at least 4 members (excludes halogenated alkanes) is 3. The van der Waals surface area contributed by atoms with Crippen molar-refractivity contribution >= 4 is 29.1 Å². The van der Waals surface area contributed by atoms with Crippen molar-refractivity contribution in [3.8, 4) is 0 Å². The number of hydrogen-bond acceptors (Lipinski definition) is 7. The van der Waals surface area contributed by atoms with Crippen LogP contribution >= 0.6 is 0 Å². The molecular weight excluding hydrogens is 474 g/mol. The lowest BCUT2D eigenvalue weighted by Crippen LogP contribution is -2.33. The van der Waals surface area contributed by atoms with Crippen LogP contribution in [0.25, 0.3) is 0 Å². The molecule has 1 unspecified atom stereocenters. The van der Waals surface area contributed by atoms with Gasteiger partial charge in [0.25, 0.3) is 5.56 Å². The van der Waals surface area contributed by atoms with Gasteiger partial charge in [0.1, 0.15) is 12.4 Å². The number of aromatic amines is 1. The Morgan fingerprint density at radius 2 is 1.89 bits per heavy atom. The lowest BCUT2D eigenvalue weighted by Gasteiger charge is -2.14. The van der Waals surface area contributed by atoms with Gasteiger partial charge in [0.15, 0.2) is 5.96 Å². The second-order valence-corrected chi connectivity index (χ2v) is 9.34. The Morgan fingerprint density at radius 1 is 1.17 bits per heavy atom. The van der Waals surface area contributed by atoms with Gasteiger partial charge in [-0.1, -0.05) is 12.8 Å². The van der Waals surface area contributed by atoms with Crippen LogP contribution in [-0.2, 0) is 24.8 Å². The molecule has 0 bridgehead atoms. The van der Waals surface area contributed by atoms with Crippen LogP contribution in [0.4, 0.5) is 10.7 Å². The molecule has 0 aliphatic rings. The number of aromatic nitrogens is 2. The van der Waals surface area contributed by atoms with Crippen molar-refractivity contribution in [1.29, 1.82) is 0 Å². The lowest BCUT2D eigenvalue weighted by atomic mass is 10.2. The Balaban J connectivity index is 2.09. The van der Waals surface area contributed by atoms with E-state index in [2.05, 4.69) is 30.9 Å². The average Bonchev–Trinajstić information content (AvgIpc) is 2.80. The summed E-state index contributed by atoms with van der Waals surface area (Å²) in [7, 11) is 1.63. The number of nitrogens with one attached hydrogen (secondary N) is 4. The van der Waals surface area contributed by atoms with Gasteiger partial charge < -0.3 is 25.8 Å². The van der Waals surface area contributed by atoms with E-state index in [-0.39, 0.29) is 17.1 Å². The third-order valence-corrected chi connectivity index (χ3v) is 6.55. The number of aryl methyl sites for hydroxylation is 1. The normalized spacial score (nSPS) is 13.3. The average molecular weight is 517 g/mol. The monoisotopic (exact) mass is 516 g/mol. The number of hydrogen-bond donors (Lipinski definition) is 5. The van der Waals surface area contributed by atoms with Crippen molar-refractivity contribution in [3.05, 3.63) is 22.1 Å². The van der Waals surface area contributed by atoms with Crippen LogP contribution < -0.4 is 27.2 Å². The maximum Gasteiger partial charge on any atom is 0.362 e. The Labute approximate surface area is 210 Å². The summed E-state index contributed by atoms with van der Waals surface area (Å²) in [5.74, 6) is 1.38. The minimum Gasteiger partial charge on any atom is -0.370 e. The van der Waals surface area contributed by atoms with Gasteiger partial charge in [0, 0.05) is 44.9 Å². The standard InChI is InChI=1S/C22H41N7O5S/c1-5-33-22(32-4)35(34-6-2)15-11-14-25-19(23)24-12-9-7-8-10-13-26-21(31)29-20-27-17(3)16-18(30)28-20/h16,22H,5-15H2,1-4H3,(H5-,23,24,25,26,27,28,29,30,31)/p+1/t22-,35?/m0/s1. The highest BCUT2D eigenvalue weighted by Crippen LogP contribution is 2.13. The lowest BCUT2D eigenvalue weighted by molar-refractivity contribution is -0.0628. The highest BCUT2D eigenvalue weighted by atomic mass is 32.2. The molecular formula is C22H42N7O5S+. The summed E-state index contributed by atoms with van der Waals surface area (Å²) in [5, 5.41) is 8.40. The first kappa shape index (κ1) is 30.7. The fourth-order valence-electron chi connectivity index (χ4n) is 3.02. The van der Waals surface area contributed by atoms with E-state index in [0.29, 0.717) is 38.0 Å². The van der Waals surface area contributed by atoms with Crippen molar-refractivity contribution in [2.45, 2.75) is 58.5 Å². The van der Waals surface area contributed by atoms with Gasteiger partial charge in [-0.05, 0) is 33.6 Å². The first-order valence-corrected chi connectivity index (χ1v) is 13.4. The molecule has 0 saturated carbocycles. The molecule has 0 aliphatic carbocycles. The molecule has 2 atom stereocenters. The smallest absolute Gasteiger partial charge is 0.362 e. The number of urea groups is 1. The number of carbonyl (C=O) groups excluding carboxylic acids is 1. The quantitative estimate of drug-likeness (QED) is 0.0645. The van der Waals surface area contributed by atoms with Gasteiger partial charge in [-0.3, -0.25) is 20.1 Å². The third-order valence-electron chi connectivity index (χ3n) is 4.56. The zero-order valence-electron chi connectivity index (χ0n) is 21.4. The Kier molecular flexibility index (Phi) is 16.6. The van der Waals surface area contributed by atoms with Crippen LogP contribution in [0.1, 0.15) is 51.6 Å². The highest BCUT2D eigenvalue weighted by molar-refractivity contribution is 7.92. The van der Waals surface area contributed by atoms with Gasteiger partial charge in [-0.15, -0.1) is 0 Å². The largest absolute Gasteiger partial charge is 0.370 e. The summed E-state index contributed by atoms with van der Waals surface area (Å²) in [6.07, 6.45) is 4.60. The predicted molar refractivity (Wildman–Crippen MR) is 140 cm³/mol. The maximum absolute atomic E-state index is 11.9. The number of aliphatic imine (C=N–C) groups is 1. The van der Waals surface area contributed by atoms with Crippen LogP contribution in [0.15, 0.2) is 15.9 Å². The number of methoxy groups -OCH3 is 1. The summed E-state index contributed by atoms with van der Waals surface area (Å²) in [5.41, 5.74) is 5.83. The molecule has 12 nitrogen and oxygen atoms in total. The molecule has 0 aromatic carbocycles. The van der Waals surface area contributed by atoms with Crippen molar-refractivity contribution in [3.63, 3.8) is 0 Å². The third kappa shape index (κ3) is 14.6. The second kappa shape index (κ2) is 18.9. The molecule has 0 aliphatic heterocycles. The van der Waals surface area contributed by atoms with Crippen molar-refractivity contribution in [1.82, 2.24) is 20.6 Å². The molecule has 0 radical (unpaired) electrons. The molecule has 200 valence electrons. The molecule has 2 amide bonds. The van der Waals surface area contributed by atoms with E-state index in [1.54, 1.807) is 14.0 Å². The van der Waals surface area contributed by atoms with Crippen LogP contribution in [0.2, 0.25) is 0 Å². The molecule has 35 heavy (non-hydrogen) atoms. The zero-order valence-corrected chi connectivity index (χ0v) is 22.2. The van der Waals surface area contributed by atoms with Crippen LogP contribution in [0, 0.1) is 6.92 Å². The van der Waals surface area contributed by atoms with E-state index >= 15 is 0 Å². The van der Waals surface area contributed by atoms with Gasteiger partial charge in [0.05, 0.1) is 6.61 Å². The fourth-order valence-corrected chi connectivity index (χ4v) is 4.66. The highest BCUT2D eigenvalue weighted by Gasteiger charge is 2.33. The summed E-state index contributed by atoms with van der Waals surface area (Å²) >= 11 is -0.426. The van der Waals surface area contributed by atoms with E-state index in [0.717, 1.165) is 44.4 Å². The minimum absolute atomic E-state index is 0.136. The number of guanidine groups is 1. The number of rotatable bonds is 18. The van der Waals surface area contributed by atoms with E-state index in [4.69, 9.17) is 19.4 Å². The molecule has 1 aromatic heterocycles.